The number of carbonyl (C=O) groups is 1. The van der Waals surface area contributed by atoms with Crippen molar-refractivity contribution in [2.45, 2.75) is 13.0 Å². The van der Waals surface area contributed by atoms with Gasteiger partial charge in [0.15, 0.2) is 5.15 Å². The van der Waals surface area contributed by atoms with E-state index in [0.717, 1.165) is 4.57 Å². The third-order valence-corrected chi connectivity index (χ3v) is 2.33. The molecular formula is C8H11ClN4O2. The number of rotatable bonds is 2. The van der Waals surface area contributed by atoms with Crippen LogP contribution in [0.4, 0.5) is 5.69 Å². The third kappa shape index (κ3) is 2.10. The van der Waals surface area contributed by atoms with Crippen molar-refractivity contribution in [3.8, 4) is 0 Å². The Balaban J connectivity index is 3.22. The van der Waals surface area contributed by atoms with Crippen molar-refractivity contribution in [3.63, 3.8) is 0 Å². The Hall–Kier alpha value is -1.56. The lowest BCUT2D eigenvalue weighted by molar-refractivity contribution is -0.123. The largest absolute Gasteiger partial charge is 0.392 e. The molecule has 0 aromatic carbocycles. The highest BCUT2D eigenvalue weighted by Gasteiger charge is 2.16. The molecule has 1 unspecified atom stereocenters. The van der Waals surface area contributed by atoms with Gasteiger partial charge >= 0.3 is 0 Å². The Morgan fingerprint density at radius 3 is 2.87 bits per heavy atom. The standard InChI is InChI=1S/C8H11ClN4O2/c1-4(7(14)11-2)13-3-12-6(9)5(10)8(13)15/h3-4H,10H2,1-2H3,(H,11,14). The lowest BCUT2D eigenvalue weighted by atomic mass is 10.3. The number of halogens is 1. The van der Waals surface area contributed by atoms with E-state index in [1.807, 2.05) is 0 Å². The fourth-order valence-corrected chi connectivity index (χ4v) is 1.20. The maximum atomic E-state index is 11.6. The van der Waals surface area contributed by atoms with E-state index in [1.54, 1.807) is 6.92 Å². The molecule has 0 aliphatic rings. The molecule has 0 bridgehead atoms. The normalized spacial score (nSPS) is 12.2. The molecule has 0 fully saturated rings. The molecule has 0 spiro atoms. The summed E-state index contributed by atoms with van der Waals surface area (Å²) in [6.45, 7) is 1.56. The molecule has 15 heavy (non-hydrogen) atoms. The summed E-state index contributed by atoms with van der Waals surface area (Å²) in [5.74, 6) is -0.305. The number of anilines is 1. The van der Waals surface area contributed by atoms with E-state index in [2.05, 4.69) is 10.3 Å². The third-order valence-electron chi connectivity index (χ3n) is 2.03. The minimum absolute atomic E-state index is 0.0552. The second-order valence-electron chi connectivity index (χ2n) is 2.95. The van der Waals surface area contributed by atoms with Crippen LogP contribution in [0.15, 0.2) is 11.1 Å². The van der Waals surface area contributed by atoms with Gasteiger partial charge in [0, 0.05) is 7.05 Å². The van der Waals surface area contributed by atoms with Crippen molar-refractivity contribution < 1.29 is 4.79 Å². The maximum Gasteiger partial charge on any atom is 0.278 e. The van der Waals surface area contributed by atoms with Crippen LogP contribution in [0.5, 0.6) is 0 Å². The number of nitrogens with two attached hydrogens (primary N) is 1. The van der Waals surface area contributed by atoms with Crippen LogP contribution in [0.2, 0.25) is 5.15 Å². The van der Waals surface area contributed by atoms with Crippen molar-refractivity contribution in [2.24, 2.45) is 0 Å². The number of hydrogen-bond acceptors (Lipinski definition) is 4. The number of nitrogens with one attached hydrogen (secondary N) is 1. The van der Waals surface area contributed by atoms with Crippen LogP contribution >= 0.6 is 11.6 Å². The topological polar surface area (TPSA) is 90.0 Å². The second-order valence-corrected chi connectivity index (χ2v) is 3.31. The van der Waals surface area contributed by atoms with E-state index < -0.39 is 11.6 Å². The maximum absolute atomic E-state index is 11.6. The molecule has 7 heteroatoms. The van der Waals surface area contributed by atoms with Crippen molar-refractivity contribution in [2.75, 3.05) is 12.8 Å². The van der Waals surface area contributed by atoms with Crippen molar-refractivity contribution in [3.05, 3.63) is 21.8 Å². The van der Waals surface area contributed by atoms with Crippen LogP contribution in [0.25, 0.3) is 0 Å². The van der Waals surface area contributed by atoms with Crippen LogP contribution in [-0.4, -0.2) is 22.5 Å². The molecule has 3 N–H and O–H groups in total. The van der Waals surface area contributed by atoms with E-state index in [4.69, 9.17) is 17.3 Å². The van der Waals surface area contributed by atoms with Gasteiger partial charge in [-0.15, -0.1) is 0 Å². The summed E-state index contributed by atoms with van der Waals surface area (Å²) in [7, 11) is 1.48. The van der Waals surface area contributed by atoms with Gasteiger partial charge in [-0.25, -0.2) is 4.98 Å². The highest BCUT2D eigenvalue weighted by molar-refractivity contribution is 6.31. The average Bonchev–Trinajstić information content (AvgIpc) is 2.24. The Kier molecular flexibility index (Phi) is 3.31. The van der Waals surface area contributed by atoms with E-state index in [-0.39, 0.29) is 16.7 Å². The summed E-state index contributed by atoms with van der Waals surface area (Å²) >= 11 is 5.55. The number of likely N-dealkylation sites (N-methyl/N-ethyl adjacent to an activating group) is 1. The molecule has 0 aliphatic carbocycles. The van der Waals surface area contributed by atoms with Gasteiger partial charge < -0.3 is 11.1 Å². The molecule has 1 amide bonds. The fraction of sp³-hybridized carbons (Fsp3) is 0.375. The summed E-state index contributed by atoms with van der Waals surface area (Å²) in [6, 6.07) is -0.672. The zero-order chi connectivity index (χ0) is 11.6. The molecule has 0 aliphatic heterocycles. The monoisotopic (exact) mass is 230 g/mol. The molecule has 1 aromatic rings. The number of nitrogens with zero attached hydrogens (tertiary/aromatic N) is 2. The number of hydrogen-bond donors (Lipinski definition) is 2. The number of amides is 1. The molecule has 82 valence electrons. The van der Waals surface area contributed by atoms with Gasteiger partial charge in [-0.05, 0) is 6.92 Å². The van der Waals surface area contributed by atoms with Gasteiger partial charge in [0.25, 0.3) is 5.56 Å². The predicted octanol–water partition coefficient (Wildman–Crippen LogP) is -0.214. The highest BCUT2D eigenvalue weighted by Crippen LogP contribution is 2.10. The van der Waals surface area contributed by atoms with Gasteiger partial charge in [-0.2, -0.15) is 0 Å². The molecule has 6 nitrogen and oxygen atoms in total. The SMILES string of the molecule is CNC(=O)C(C)n1cnc(Cl)c(N)c1=O. The summed E-state index contributed by atoms with van der Waals surface area (Å²) < 4.78 is 1.13. The smallest absolute Gasteiger partial charge is 0.278 e. The first-order chi connectivity index (χ1) is 6.99. The number of carbonyl (C=O) groups excluding carboxylic acids is 1. The van der Waals surface area contributed by atoms with Crippen LogP contribution in [-0.2, 0) is 4.79 Å². The summed E-state index contributed by atoms with van der Waals surface area (Å²) in [5.41, 5.74) is 4.72. The first kappa shape index (κ1) is 11.5. The fourth-order valence-electron chi connectivity index (χ4n) is 1.07. The molecule has 0 saturated heterocycles. The van der Waals surface area contributed by atoms with Gasteiger partial charge in [-0.3, -0.25) is 14.2 Å². The molecule has 0 saturated carbocycles. The minimum Gasteiger partial charge on any atom is -0.392 e. The van der Waals surface area contributed by atoms with E-state index in [0.29, 0.717) is 0 Å². The van der Waals surface area contributed by atoms with E-state index in [9.17, 15) is 9.59 Å². The zero-order valence-corrected chi connectivity index (χ0v) is 9.08. The Bertz CT molecular complexity index is 443. The van der Waals surface area contributed by atoms with Crippen LogP contribution in [0.3, 0.4) is 0 Å². The van der Waals surface area contributed by atoms with Crippen LogP contribution in [0, 0.1) is 0 Å². The highest BCUT2D eigenvalue weighted by atomic mass is 35.5. The quantitative estimate of drug-likeness (QED) is 0.688. The summed E-state index contributed by atoms with van der Waals surface area (Å²) in [6.07, 6.45) is 1.20. The lowest BCUT2D eigenvalue weighted by Crippen LogP contribution is -2.35. The van der Waals surface area contributed by atoms with E-state index in [1.165, 1.54) is 13.4 Å². The molecule has 1 rings (SSSR count). The van der Waals surface area contributed by atoms with Crippen LogP contribution in [0.1, 0.15) is 13.0 Å². The van der Waals surface area contributed by atoms with Crippen LogP contribution < -0.4 is 16.6 Å². The Labute approximate surface area is 91.1 Å². The first-order valence-corrected chi connectivity index (χ1v) is 4.60. The molecule has 1 aromatic heterocycles. The number of nitrogen functional groups attached to an aromatic ring is 1. The summed E-state index contributed by atoms with van der Waals surface area (Å²) in [5, 5.41) is 2.37. The summed E-state index contributed by atoms with van der Waals surface area (Å²) in [4.78, 5) is 26.6. The zero-order valence-electron chi connectivity index (χ0n) is 8.32. The predicted molar refractivity (Wildman–Crippen MR) is 56.7 cm³/mol. The van der Waals surface area contributed by atoms with Crippen molar-refractivity contribution >= 4 is 23.2 Å². The lowest BCUT2D eigenvalue weighted by Gasteiger charge is -2.13. The molecule has 1 heterocycles. The minimum atomic E-state index is -0.672. The first-order valence-electron chi connectivity index (χ1n) is 4.22. The van der Waals surface area contributed by atoms with Gasteiger partial charge in [0.05, 0.1) is 0 Å². The van der Waals surface area contributed by atoms with Crippen molar-refractivity contribution in [1.29, 1.82) is 0 Å². The Morgan fingerprint density at radius 2 is 2.33 bits per heavy atom. The van der Waals surface area contributed by atoms with Gasteiger partial charge in [0.2, 0.25) is 5.91 Å². The second kappa shape index (κ2) is 4.31. The Morgan fingerprint density at radius 1 is 1.73 bits per heavy atom. The van der Waals surface area contributed by atoms with E-state index >= 15 is 0 Å². The van der Waals surface area contributed by atoms with Crippen molar-refractivity contribution in [1.82, 2.24) is 14.9 Å². The molecular weight excluding hydrogens is 220 g/mol. The average molecular weight is 231 g/mol. The van der Waals surface area contributed by atoms with Gasteiger partial charge in [-0.1, -0.05) is 11.6 Å². The molecule has 0 radical (unpaired) electrons. The van der Waals surface area contributed by atoms with Gasteiger partial charge in [0.1, 0.15) is 18.1 Å². The molecule has 1 atom stereocenters. The number of aromatic nitrogens is 2.